The molecule has 1 aliphatic rings. The fraction of sp³-hybridized carbons (Fsp3) is 1.00. The summed E-state index contributed by atoms with van der Waals surface area (Å²) in [5.74, 6) is -1.52. The highest BCUT2D eigenvalue weighted by Gasteiger charge is 2.45. The zero-order valence-corrected chi connectivity index (χ0v) is 8.20. The van der Waals surface area contributed by atoms with Gasteiger partial charge in [0.15, 0.2) is 0 Å². The van der Waals surface area contributed by atoms with Crippen LogP contribution in [0.25, 0.3) is 0 Å². The average Bonchev–Trinajstić information content (AvgIpc) is 1.83. The molecule has 0 aromatic heterocycles. The summed E-state index contributed by atoms with van der Waals surface area (Å²) in [7, 11) is 0. The fourth-order valence-electron chi connectivity index (χ4n) is 1.58. The molecule has 0 aromatic rings. The third kappa shape index (κ3) is 2.69. The molecule has 1 atom stereocenters. The molecule has 0 aliphatic heterocycles. The lowest BCUT2D eigenvalue weighted by atomic mass is 9.77. The molecule has 1 saturated carbocycles. The monoisotopic (exact) mass is 226 g/mol. The van der Waals surface area contributed by atoms with E-state index in [4.69, 9.17) is 0 Å². The van der Waals surface area contributed by atoms with Gasteiger partial charge in [-0.2, -0.15) is 0 Å². The van der Waals surface area contributed by atoms with Crippen LogP contribution in [0.3, 0.4) is 0 Å². The minimum atomic E-state index is -2.34. The molecule has 0 heterocycles. The number of hydrogen-bond donors (Lipinski definition) is 0. The van der Waals surface area contributed by atoms with Crippen LogP contribution >= 0.6 is 15.9 Å². The van der Waals surface area contributed by atoms with E-state index in [0.29, 0.717) is 5.92 Å². The van der Waals surface area contributed by atoms with Crippen LogP contribution in [0.1, 0.15) is 26.2 Å². The Labute approximate surface area is 74.5 Å². The second kappa shape index (κ2) is 3.38. The normalized spacial score (nSPS) is 26.2. The van der Waals surface area contributed by atoms with Crippen LogP contribution < -0.4 is 0 Å². The summed E-state index contributed by atoms with van der Waals surface area (Å²) in [5, 5.41) is 0.926. The first-order valence-electron chi connectivity index (χ1n) is 3.97. The molecule has 0 nitrogen and oxygen atoms in total. The van der Waals surface area contributed by atoms with Gasteiger partial charge in [0.25, 0.3) is 0 Å². The third-order valence-electron chi connectivity index (χ3n) is 2.17. The van der Waals surface area contributed by atoms with Crippen molar-refractivity contribution in [3.8, 4) is 0 Å². The van der Waals surface area contributed by atoms with Gasteiger partial charge in [0.2, 0.25) is 5.92 Å². The molecular weight excluding hydrogens is 214 g/mol. The molecule has 66 valence electrons. The van der Waals surface area contributed by atoms with Gasteiger partial charge >= 0.3 is 0 Å². The van der Waals surface area contributed by atoms with Gasteiger partial charge in [-0.15, -0.1) is 0 Å². The molecule has 3 heteroatoms. The Hall–Kier alpha value is 0.340. The lowest BCUT2D eigenvalue weighted by Crippen LogP contribution is -2.36. The van der Waals surface area contributed by atoms with E-state index in [9.17, 15) is 8.78 Å². The number of alkyl halides is 3. The van der Waals surface area contributed by atoms with Gasteiger partial charge in [0.05, 0.1) is 0 Å². The molecule has 0 bridgehead atoms. The summed E-state index contributed by atoms with van der Waals surface area (Å²) < 4.78 is 24.7. The lowest BCUT2D eigenvalue weighted by molar-refractivity contribution is -0.114. The second-order valence-corrected chi connectivity index (χ2v) is 4.27. The summed E-state index contributed by atoms with van der Waals surface area (Å²) in [6, 6.07) is 0. The van der Waals surface area contributed by atoms with Crippen LogP contribution in [-0.2, 0) is 0 Å². The van der Waals surface area contributed by atoms with Crippen molar-refractivity contribution in [1.29, 1.82) is 0 Å². The van der Waals surface area contributed by atoms with E-state index >= 15 is 0 Å². The Morgan fingerprint density at radius 1 is 1.55 bits per heavy atom. The van der Waals surface area contributed by atoms with Crippen LogP contribution in [0.15, 0.2) is 0 Å². The fourth-order valence-corrected chi connectivity index (χ4v) is 1.85. The van der Waals surface area contributed by atoms with Crippen molar-refractivity contribution >= 4 is 15.9 Å². The van der Waals surface area contributed by atoms with Gasteiger partial charge in [0, 0.05) is 18.2 Å². The number of rotatable bonds is 3. The molecule has 0 N–H and O–H groups in total. The van der Waals surface area contributed by atoms with Crippen LogP contribution in [0, 0.1) is 11.8 Å². The van der Waals surface area contributed by atoms with Crippen molar-refractivity contribution in [3.63, 3.8) is 0 Å². The first-order valence-corrected chi connectivity index (χ1v) is 5.09. The molecule has 11 heavy (non-hydrogen) atoms. The first-order chi connectivity index (χ1) is 5.03. The van der Waals surface area contributed by atoms with Gasteiger partial charge in [0.1, 0.15) is 0 Å². The van der Waals surface area contributed by atoms with Crippen molar-refractivity contribution in [2.75, 3.05) is 5.33 Å². The predicted molar refractivity (Wildman–Crippen MR) is 45.2 cm³/mol. The van der Waals surface area contributed by atoms with Crippen molar-refractivity contribution in [3.05, 3.63) is 0 Å². The van der Waals surface area contributed by atoms with Crippen molar-refractivity contribution < 1.29 is 8.78 Å². The molecule has 0 spiro atoms. The van der Waals surface area contributed by atoms with Crippen LogP contribution in [-0.4, -0.2) is 11.3 Å². The number of halogens is 3. The van der Waals surface area contributed by atoms with E-state index in [1.54, 1.807) is 0 Å². The van der Waals surface area contributed by atoms with Crippen LogP contribution in [0.4, 0.5) is 8.78 Å². The summed E-state index contributed by atoms with van der Waals surface area (Å²) >= 11 is 3.34. The van der Waals surface area contributed by atoms with Gasteiger partial charge in [-0.25, -0.2) is 8.78 Å². The standard InChI is InChI=1S/C8H13BrF2/c1-6(5-9)2-7-3-8(10,11)4-7/h6-7H,2-5H2,1H3. The Morgan fingerprint density at radius 2 is 2.09 bits per heavy atom. The minimum Gasteiger partial charge on any atom is -0.207 e. The summed E-state index contributed by atoms with van der Waals surface area (Å²) in [4.78, 5) is 0. The van der Waals surface area contributed by atoms with E-state index in [1.165, 1.54) is 0 Å². The van der Waals surface area contributed by atoms with E-state index in [2.05, 4.69) is 22.9 Å². The van der Waals surface area contributed by atoms with Crippen molar-refractivity contribution in [2.24, 2.45) is 11.8 Å². The second-order valence-electron chi connectivity index (χ2n) is 3.63. The van der Waals surface area contributed by atoms with E-state index in [-0.39, 0.29) is 18.8 Å². The molecule has 1 unspecified atom stereocenters. The topological polar surface area (TPSA) is 0 Å². The SMILES string of the molecule is CC(CBr)CC1CC(F)(F)C1. The summed E-state index contributed by atoms with van der Waals surface area (Å²) in [5.41, 5.74) is 0. The summed E-state index contributed by atoms with van der Waals surface area (Å²) in [6.07, 6.45) is 1.18. The number of hydrogen-bond acceptors (Lipinski definition) is 0. The molecule has 1 aliphatic carbocycles. The molecule has 0 saturated heterocycles. The van der Waals surface area contributed by atoms with Gasteiger partial charge in [-0.1, -0.05) is 22.9 Å². The highest BCUT2D eigenvalue weighted by Crippen LogP contribution is 2.45. The Balaban J connectivity index is 2.13. The molecule has 1 fully saturated rings. The maximum Gasteiger partial charge on any atom is 0.248 e. The van der Waals surface area contributed by atoms with Crippen LogP contribution in [0.5, 0.6) is 0 Å². The van der Waals surface area contributed by atoms with Crippen molar-refractivity contribution in [1.82, 2.24) is 0 Å². The van der Waals surface area contributed by atoms with Gasteiger partial charge in [-0.05, 0) is 18.3 Å². The highest BCUT2D eigenvalue weighted by atomic mass is 79.9. The van der Waals surface area contributed by atoms with Gasteiger partial charge in [-0.3, -0.25) is 0 Å². The van der Waals surface area contributed by atoms with E-state index in [0.717, 1.165) is 11.8 Å². The zero-order valence-electron chi connectivity index (χ0n) is 6.62. The van der Waals surface area contributed by atoms with E-state index in [1.807, 2.05) is 0 Å². The highest BCUT2D eigenvalue weighted by molar-refractivity contribution is 9.09. The first kappa shape index (κ1) is 9.43. The zero-order chi connectivity index (χ0) is 8.48. The van der Waals surface area contributed by atoms with Crippen molar-refractivity contribution in [2.45, 2.75) is 32.1 Å². The molecular formula is C8H13BrF2. The quantitative estimate of drug-likeness (QED) is 0.647. The average molecular weight is 227 g/mol. The molecule has 0 aromatic carbocycles. The Morgan fingerprint density at radius 3 is 2.45 bits per heavy atom. The predicted octanol–water partition coefficient (Wildman–Crippen LogP) is 3.45. The van der Waals surface area contributed by atoms with Crippen LogP contribution in [0.2, 0.25) is 0 Å². The van der Waals surface area contributed by atoms with Gasteiger partial charge < -0.3 is 0 Å². The summed E-state index contributed by atoms with van der Waals surface area (Å²) in [6.45, 7) is 2.09. The van der Waals surface area contributed by atoms with E-state index < -0.39 is 5.92 Å². The Bertz CT molecular complexity index is 128. The maximum absolute atomic E-state index is 12.3. The molecule has 1 rings (SSSR count). The lowest BCUT2D eigenvalue weighted by Gasteiger charge is -2.36. The largest absolute Gasteiger partial charge is 0.248 e. The Kier molecular flexibility index (Phi) is 2.90. The molecule has 0 radical (unpaired) electrons. The minimum absolute atomic E-state index is 0.115. The molecule has 0 amide bonds. The third-order valence-corrected chi connectivity index (χ3v) is 3.28. The smallest absolute Gasteiger partial charge is 0.207 e. The maximum atomic E-state index is 12.3.